The van der Waals surface area contributed by atoms with Gasteiger partial charge in [0.1, 0.15) is 5.15 Å². The molecule has 0 aliphatic rings. The highest BCUT2D eigenvalue weighted by Crippen LogP contribution is 2.27. The van der Waals surface area contributed by atoms with Gasteiger partial charge in [0.2, 0.25) is 5.91 Å². The Morgan fingerprint density at radius 3 is 2.75 bits per heavy atom. The number of carbonyl (C=O) groups is 1. The van der Waals surface area contributed by atoms with Crippen molar-refractivity contribution < 1.29 is 4.79 Å². The molecule has 0 bridgehead atoms. The molecule has 0 fully saturated rings. The van der Waals surface area contributed by atoms with E-state index in [1.807, 2.05) is 24.3 Å². The lowest BCUT2D eigenvalue weighted by Crippen LogP contribution is -2.15. The molecule has 2 aromatic heterocycles. The summed E-state index contributed by atoms with van der Waals surface area (Å²) in [6.07, 6.45) is 1.52. The van der Waals surface area contributed by atoms with Crippen LogP contribution >= 0.6 is 11.6 Å². The van der Waals surface area contributed by atoms with Gasteiger partial charge in [-0.25, -0.2) is 9.67 Å². The predicted molar refractivity (Wildman–Crippen MR) is 77.1 cm³/mol. The molecule has 6 heteroatoms. The molecule has 5 nitrogen and oxygen atoms in total. The van der Waals surface area contributed by atoms with Crippen LogP contribution in [0.2, 0.25) is 5.15 Å². The highest BCUT2D eigenvalue weighted by atomic mass is 35.5. The summed E-state index contributed by atoms with van der Waals surface area (Å²) in [5.74, 6) is 0.00137. The SMILES string of the molecule is Cc1c(C(N)=O)ccnc1-n1nc2ccccc2c1Cl. The summed E-state index contributed by atoms with van der Waals surface area (Å²) in [7, 11) is 0. The van der Waals surface area contributed by atoms with E-state index in [0.29, 0.717) is 22.1 Å². The van der Waals surface area contributed by atoms with E-state index in [2.05, 4.69) is 10.1 Å². The fraction of sp³-hybridized carbons (Fsp3) is 0.0714. The molecule has 2 heterocycles. The molecule has 0 atom stereocenters. The molecule has 0 saturated carbocycles. The molecule has 3 aromatic rings. The average molecular weight is 287 g/mol. The number of rotatable bonds is 2. The van der Waals surface area contributed by atoms with E-state index in [1.165, 1.54) is 10.9 Å². The summed E-state index contributed by atoms with van der Waals surface area (Å²) in [6, 6.07) is 9.11. The van der Waals surface area contributed by atoms with Gasteiger partial charge in [-0.05, 0) is 25.1 Å². The van der Waals surface area contributed by atoms with E-state index in [9.17, 15) is 4.79 Å². The van der Waals surface area contributed by atoms with Crippen LogP contribution in [0.3, 0.4) is 0 Å². The zero-order valence-electron chi connectivity index (χ0n) is 10.7. The van der Waals surface area contributed by atoms with E-state index >= 15 is 0 Å². The van der Waals surface area contributed by atoms with Gasteiger partial charge >= 0.3 is 0 Å². The van der Waals surface area contributed by atoms with Crippen LogP contribution in [0.25, 0.3) is 16.7 Å². The van der Waals surface area contributed by atoms with Crippen LogP contribution < -0.4 is 5.73 Å². The second-order valence-electron chi connectivity index (χ2n) is 4.39. The van der Waals surface area contributed by atoms with Gasteiger partial charge < -0.3 is 5.73 Å². The number of carbonyl (C=O) groups excluding carboxylic acids is 1. The normalized spacial score (nSPS) is 10.9. The van der Waals surface area contributed by atoms with Crippen molar-refractivity contribution in [1.29, 1.82) is 0 Å². The summed E-state index contributed by atoms with van der Waals surface area (Å²) in [5, 5.41) is 5.70. The molecule has 0 radical (unpaired) electrons. The summed E-state index contributed by atoms with van der Waals surface area (Å²) >= 11 is 6.34. The van der Waals surface area contributed by atoms with E-state index in [0.717, 1.165) is 10.9 Å². The molecule has 20 heavy (non-hydrogen) atoms. The summed E-state index contributed by atoms with van der Waals surface area (Å²) < 4.78 is 1.52. The number of hydrogen-bond donors (Lipinski definition) is 1. The molecule has 0 unspecified atom stereocenters. The lowest BCUT2D eigenvalue weighted by Gasteiger charge is -2.08. The zero-order valence-corrected chi connectivity index (χ0v) is 11.4. The average Bonchev–Trinajstić information content (AvgIpc) is 2.76. The van der Waals surface area contributed by atoms with E-state index in [1.54, 1.807) is 13.0 Å². The number of benzene rings is 1. The van der Waals surface area contributed by atoms with E-state index in [-0.39, 0.29) is 0 Å². The molecule has 0 aliphatic heterocycles. The fourth-order valence-corrected chi connectivity index (χ4v) is 2.42. The van der Waals surface area contributed by atoms with Gasteiger partial charge in [0, 0.05) is 22.7 Å². The van der Waals surface area contributed by atoms with Gasteiger partial charge in [-0.15, -0.1) is 0 Å². The van der Waals surface area contributed by atoms with Crippen molar-refractivity contribution in [1.82, 2.24) is 14.8 Å². The first-order valence-corrected chi connectivity index (χ1v) is 6.36. The van der Waals surface area contributed by atoms with Crippen molar-refractivity contribution in [2.24, 2.45) is 5.73 Å². The minimum atomic E-state index is -0.501. The number of hydrogen-bond acceptors (Lipinski definition) is 3. The summed E-state index contributed by atoms with van der Waals surface area (Å²) in [5.41, 5.74) is 7.17. The van der Waals surface area contributed by atoms with Gasteiger partial charge in [-0.3, -0.25) is 4.79 Å². The van der Waals surface area contributed by atoms with Gasteiger partial charge in [0.25, 0.3) is 0 Å². The van der Waals surface area contributed by atoms with E-state index < -0.39 is 5.91 Å². The van der Waals surface area contributed by atoms with Crippen LogP contribution in [-0.2, 0) is 0 Å². The third kappa shape index (κ3) is 1.83. The number of amides is 1. The molecule has 100 valence electrons. The van der Waals surface area contributed by atoms with Crippen molar-refractivity contribution >= 4 is 28.4 Å². The maximum atomic E-state index is 11.4. The number of aromatic nitrogens is 3. The fourth-order valence-electron chi connectivity index (χ4n) is 2.15. The summed E-state index contributed by atoms with van der Waals surface area (Å²) in [4.78, 5) is 15.7. The highest BCUT2D eigenvalue weighted by molar-refractivity contribution is 6.34. The van der Waals surface area contributed by atoms with Crippen LogP contribution in [0, 0.1) is 6.92 Å². The Bertz CT molecular complexity index is 825. The molecular weight excluding hydrogens is 276 g/mol. The predicted octanol–water partition coefficient (Wildman–Crippen LogP) is 2.48. The third-order valence-electron chi connectivity index (χ3n) is 3.16. The van der Waals surface area contributed by atoms with Crippen LogP contribution in [0.1, 0.15) is 15.9 Å². The largest absolute Gasteiger partial charge is 0.366 e. The Morgan fingerprint density at radius 1 is 1.30 bits per heavy atom. The monoisotopic (exact) mass is 286 g/mol. The molecule has 1 aromatic carbocycles. The first kappa shape index (κ1) is 12.6. The first-order valence-electron chi connectivity index (χ1n) is 5.98. The molecule has 1 amide bonds. The van der Waals surface area contributed by atoms with Crippen molar-refractivity contribution in [3.8, 4) is 5.82 Å². The Hall–Kier alpha value is -2.40. The van der Waals surface area contributed by atoms with Crippen LogP contribution in [-0.4, -0.2) is 20.7 Å². The lowest BCUT2D eigenvalue weighted by atomic mass is 10.1. The van der Waals surface area contributed by atoms with Crippen molar-refractivity contribution in [3.63, 3.8) is 0 Å². The third-order valence-corrected chi connectivity index (χ3v) is 3.53. The minimum absolute atomic E-state index is 0.408. The maximum Gasteiger partial charge on any atom is 0.249 e. The Balaban J connectivity index is 2.29. The van der Waals surface area contributed by atoms with Crippen LogP contribution in [0.5, 0.6) is 0 Å². The minimum Gasteiger partial charge on any atom is -0.366 e. The van der Waals surface area contributed by atoms with Crippen molar-refractivity contribution in [2.75, 3.05) is 0 Å². The molecule has 2 N–H and O–H groups in total. The summed E-state index contributed by atoms with van der Waals surface area (Å²) in [6.45, 7) is 1.77. The molecule has 0 spiro atoms. The van der Waals surface area contributed by atoms with Crippen LogP contribution in [0.15, 0.2) is 36.5 Å². The van der Waals surface area contributed by atoms with Gasteiger partial charge in [-0.2, -0.15) is 5.10 Å². The van der Waals surface area contributed by atoms with Gasteiger partial charge in [0.15, 0.2) is 5.82 Å². The second-order valence-corrected chi connectivity index (χ2v) is 4.75. The topological polar surface area (TPSA) is 73.8 Å². The first-order chi connectivity index (χ1) is 9.59. The zero-order chi connectivity index (χ0) is 14.3. The van der Waals surface area contributed by atoms with Gasteiger partial charge in [-0.1, -0.05) is 23.7 Å². The Kier molecular flexibility index (Phi) is 2.91. The number of primary amides is 1. The second kappa shape index (κ2) is 4.61. The Labute approximate surface area is 120 Å². The number of nitrogens with two attached hydrogens (primary N) is 1. The number of pyridine rings is 1. The number of nitrogens with zero attached hydrogens (tertiary/aromatic N) is 3. The number of halogens is 1. The Morgan fingerprint density at radius 2 is 2.05 bits per heavy atom. The quantitative estimate of drug-likeness (QED) is 0.786. The van der Waals surface area contributed by atoms with Crippen molar-refractivity contribution in [2.45, 2.75) is 6.92 Å². The maximum absolute atomic E-state index is 11.4. The molecule has 0 saturated heterocycles. The van der Waals surface area contributed by atoms with Gasteiger partial charge in [0.05, 0.1) is 5.52 Å². The molecule has 3 rings (SSSR count). The lowest BCUT2D eigenvalue weighted by molar-refractivity contribution is 0.0999. The van der Waals surface area contributed by atoms with E-state index in [4.69, 9.17) is 17.3 Å². The standard InChI is InChI=1S/C14H11ClN4O/c1-8-9(13(16)20)6-7-17-14(8)19-12(15)10-4-2-3-5-11(10)18-19/h2-7H,1H3,(H2,16,20). The highest BCUT2D eigenvalue weighted by Gasteiger charge is 2.16. The van der Waals surface area contributed by atoms with Crippen LogP contribution in [0.4, 0.5) is 0 Å². The molecular formula is C14H11ClN4O. The number of fused-ring (bicyclic) bond motifs is 1. The van der Waals surface area contributed by atoms with Crippen molar-refractivity contribution in [3.05, 3.63) is 52.8 Å². The molecule has 0 aliphatic carbocycles. The smallest absolute Gasteiger partial charge is 0.249 e.